The van der Waals surface area contributed by atoms with E-state index in [9.17, 15) is 9.59 Å². The number of carbonyl (C=O) groups is 2. The topological polar surface area (TPSA) is 86.1 Å². The molecule has 0 fully saturated rings. The van der Waals surface area contributed by atoms with E-state index in [2.05, 4.69) is 17.2 Å². The van der Waals surface area contributed by atoms with Crippen LogP contribution < -0.4 is 10.2 Å². The van der Waals surface area contributed by atoms with Gasteiger partial charge in [0.1, 0.15) is 23.5 Å². The van der Waals surface area contributed by atoms with Crippen LogP contribution in [0.2, 0.25) is 0 Å². The molecule has 0 bridgehead atoms. The number of hydrogen-bond donors (Lipinski definition) is 1. The zero-order chi connectivity index (χ0) is 21.5. The van der Waals surface area contributed by atoms with Crippen molar-refractivity contribution in [1.82, 2.24) is 14.7 Å². The van der Waals surface area contributed by atoms with Gasteiger partial charge in [0.05, 0.1) is 5.52 Å². The van der Waals surface area contributed by atoms with Gasteiger partial charge in [0.25, 0.3) is 0 Å². The number of fused-ring (bicyclic) bond motifs is 3. The van der Waals surface area contributed by atoms with Gasteiger partial charge in [-0.1, -0.05) is 43.3 Å². The Labute approximate surface area is 180 Å². The van der Waals surface area contributed by atoms with Gasteiger partial charge in [0.2, 0.25) is 5.91 Å². The van der Waals surface area contributed by atoms with Crippen LogP contribution in [0.1, 0.15) is 52.3 Å². The fraction of sp³-hybridized carbons (Fsp3) is 0.455. The number of pyridine rings is 1. The SMILES string of the molecule is CCCCc1nc2c(NC(C)=O)nc3ccccc3c2n1OCCCCSC(C)=O. The van der Waals surface area contributed by atoms with Crippen LogP contribution in [0.4, 0.5) is 5.82 Å². The first-order valence-electron chi connectivity index (χ1n) is 10.4. The van der Waals surface area contributed by atoms with Crippen molar-refractivity contribution < 1.29 is 14.4 Å². The average Bonchev–Trinajstić information content (AvgIpc) is 3.07. The van der Waals surface area contributed by atoms with Crippen molar-refractivity contribution in [3.63, 3.8) is 0 Å². The molecule has 8 heteroatoms. The standard InChI is InChI=1S/C22H28N4O3S/c1-4-5-12-19-25-20-21(26(19)29-13-8-9-14-30-16(3)28)17-10-6-7-11-18(17)24-22(20)23-15(2)27/h6-7,10-11H,4-5,8-9,12-14H2,1-3H3,(H,23,24,27). The molecule has 30 heavy (non-hydrogen) atoms. The lowest BCUT2D eigenvalue weighted by atomic mass is 10.2. The van der Waals surface area contributed by atoms with Crippen LogP contribution >= 0.6 is 11.8 Å². The predicted octanol–water partition coefficient (Wildman–Crippen LogP) is 4.37. The maximum absolute atomic E-state index is 11.7. The molecule has 3 aromatic rings. The minimum absolute atomic E-state index is 0.142. The number of nitrogens with one attached hydrogen (secondary N) is 1. The van der Waals surface area contributed by atoms with Crippen LogP contribution in [-0.4, -0.2) is 38.1 Å². The fourth-order valence-electron chi connectivity index (χ4n) is 3.26. The number of unbranched alkanes of at least 4 members (excludes halogenated alkanes) is 2. The lowest BCUT2D eigenvalue weighted by molar-refractivity contribution is -0.114. The molecule has 1 amide bonds. The number of aromatic nitrogens is 3. The highest BCUT2D eigenvalue weighted by atomic mass is 32.2. The average molecular weight is 429 g/mol. The number of benzene rings is 1. The summed E-state index contributed by atoms with van der Waals surface area (Å²) in [6.45, 7) is 5.72. The second-order valence-corrected chi connectivity index (χ2v) is 8.43. The molecule has 1 aromatic carbocycles. The minimum atomic E-state index is -0.187. The summed E-state index contributed by atoms with van der Waals surface area (Å²) in [6.07, 6.45) is 4.56. The maximum atomic E-state index is 11.7. The van der Waals surface area contributed by atoms with Crippen molar-refractivity contribution in [2.45, 2.75) is 52.9 Å². The Hall–Kier alpha value is -2.61. The Balaban J connectivity index is 1.98. The molecule has 0 saturated heterocycles. The zero-order valence-corrected chi connectivity index (χ0v) is 18.6. The molecule has 1 N–H and O–H groups in total. The third kappa shape index (κ3) is 5.30. The summed E-state index contributed by atoms with van der Waals surface area (Å²) in [7, 11) is 0. The van der Waals surface area contributed by atoms with Crippen molar-refractivity contribution in [2.24, 2.45) is 0 Å². The van der Waals surface area contributed by atoms with Crippen LogP contribution in [-0.2, 0) is 16.0 Å². The number of rotatable bonds is 10. The number of hydrogen-bond acceptors (Lipinski definition) is 6. The van der Waals surface area contributed by atoms with E-state index in [4.69, 9.17) is 9.82 Å². The van der Waals surface area contributed by atoms with Crippen molar-refractivity contribution in [3.05, 3.63) is 30.1 Å². The molecule has 0 atom stereocenters. The summed E-state index contributed by atoms with van der Waals surface area (Å²) >= 11 is 1.34. The highest BCUT2D eigenvalue weighted by molar-refractivity contribution is 8.13. The van der Waals surface area contributed by atoms with E-state index in [1.807, 2.05) is 29.0 Å². The Bertz CT molecular complexity index is 1050. The number of amides is 1. The second-order valence-electron chi connectivity index (χ2n) is 7.16. The monoisotopic (exact) mass is 428 g/mol. The molecular formula is C22H28N4O3S. The molecule has 0 aliphatic rings. The van der Waals surface area contributed by atoms with Gasteiger partial charge in [-0.15, -0.1) is 0 Å². The predicted molar refractivity (Wildman–Crippen MR) is 122 cm³/mol. The van der Waals surface area contributed by atoms with Gasteiger partial charge >= 0.3 is 0 Å². The van der Waals surface area contributed by atoms with E-state index < -0.39 is 0 Å². The molecule has 0 spiro atoms. The van der Waals surface area contributed by atoms with E-state index in [0.717, 1.165) is 60.1 Å². The molecule has 2 heterocycles. The lowest BCUT2D eigenvalue weighted by Gasteiger charge is -2.12. The number of nitrogens with zero attached hydrogens (tertiary/aromatic N) is 3. The van der Waals surface area contributed by atoms with E-state index in [1.54, 1.807) is 6.92 Å². The van der Waals surface area contributed by atoms with E-state index in [1.165, 1.54) is 18.7 Å². The third-order valence-corrected chi connectivity index (χ3v) is 5.53. The molecule has 0 unspecified atom stereocenters. The van der Waals surface area contributed by atoms with Crippen LogP contribution in [0, 0.1) is 0 Å². The Morgan fingerprint density at radius 1 is 1.13 bits per heavy atom. The third-order valence-electron chi connectivity index (χ3n) is 4.63. The first-order valence-corrected chi connectivity index (χ1v) is 11.3. The van der Waals surface area contributed by atoms with Gasteiger partial charge in [0, 0.05) is 31.4 Å². The van der Waals surface area contributed by atoms with Crippen molar-refractivity contribution in [3.8, 4) is 0 Å². The molecule has 7 nitrogen and oxygen atoms in total. The molecule has 0 radical (unpaired) electrons. The van der Waals surface area contributed by atoms with Gasteiger partial charge in [-0.2, -0.15) is 4.73 Å². The Morgan fingerprint density at radius 3 is 2.67 bits per heavy atom. The minimum Gasteiger partial charge on any atom is -0.412 e. The number of aryl methyl sites for hydroxylation is 1. The lowest BCUT2D eigenvalue weighted by Crippen LogP contribution is -2.16. The largest absolute Gasteiger partial charge is 0.412 e. The zero-order valence-electron chi connectivity index (χ0n) is 17.7. The number of thioether (sulfide) groups is 1. The van der Waals surface area contributed by atoms with Crippen molar-refractivity contribution in [1.29, 1.82) is 0 Å². The second kappa shape index (κ2) is 10.4. The first kappa shape index (κ1) is 22.1. The smallest absolute Gasteiger partial charge is 0.222 e. The highest BCUT2D eigenvalue weighted by Crippen LogP contribution is 2.30. The van der Waals surface area contributed by atoms with E-state index in [0.29, 0.717) is 17.9 Å². The summed E-state index contributed by atoms with van der Waals surface area (Å²) in [5.41, 5.74) is 2.24. The number of anilines is 1. The van der Waals surface area contributed by atoms with Gasteiger partial charge in [0.15, 0.2) is 10.9 Å². The normalized spacial score (nSPS) is 11.2. The van der Waals surface area contributed by atoms with E-state index in [-0.39, 0.29) is 11.0 Å². The molecule has 0 saturated carbocycles. The summed E-state index contributed by atoms with van der Waals surface area (Å²) in [4.78, 5) is 38.4. The van der Waals surface area contributed by atoms with Crippen LogP contribution in [0.5, 0.6) is 0 Å². The summed E-state index contributed by atoms with van der Waals surface area (Å²) in [5.74, 6) is 1.89. The van der Waals surface area contributed by atoms with Gasteiger partial charge in [-0.3, -0.25) is 9.59 Å². The molecular weight excluding hydrogens is 400 g/mol. The molecule has 0 aliphatic carbocycles. The quantitative estimate of drug-likeness (QED) is 0.483. The van der Waals surface area contributed by atoms with Gasteiger partial charge in [-0.25, -0.2) is 9.97 Å². The van der Waals surface area contributed by atoms with E-state index >= 15 is 0 Å². The van der Waals surface area contributed by atoms with Crippen LogP contribution in [0.15, 0.2) is 24.3 Å². The molecule has 0 aliphatic heterocycles. The van der Waals surface area contributed by atoms with Crippen LogP contribution in [0.25, 0.3) is 21.9 Å². The molecule has 160 valence electrons. The number of carbonyl (C=O) groups excluding carboxylic acids is 2. The summed E-state index contributed by atoms with van der Waals surface area (Å²) in [6, 6.07) is 7.80. The molecule has 3 rings (SSSR count). The number of imidazole rings is 1. The Kier molecular flexibility index (Phi) is 7.68. The van der Waals surface area contributed by atoms with Crippen molar-refractivity contribution in [2.75, 3.05) is 17.7 Å². The highest BCUT2D eigenvalue weighted by Gasteiger charge is 2.20. The maximum Gasteiger partial charge on any atom is 0.222 e. The summed E-state index contributed by atoms with van der Waals surface area (Å²) in [5, 5.41) is 3.89. The first-order chi connectivity index (χ1) is 14.5. The fourth-order valence-corrected chi connectivity index (χ4v) is 3.90. The Morgan fingerprint density at radius 2 is 1.93 bits per heavy atom. The van der Waals surface area contributed by atoms with Crippen molar-refractivity contribution >= 4 is 50.5 Å². The van der Waals surface area contributed by atoms with Gasteiger partial charge in [-0.05, 0) is 25.3 Å². The number of para-hydroxylation sites is 1. The summed E-state index contributed by atoms with van der Waals surface area (Å²) < 4.78 is 1.82. The molecule has 2 aromatic heterocycles. The van der Waals surface area contributed by atoms with Gasteiger partial charge < -0.3 is 10.2 Å². The van der Waals surface area contributed by atoms with Crippen LogP contribution in [0.3, 0.4) is 0 Å².